The molecule has 4 rings (SSSR count). The molecule has 140 valence electrons. The minimum atomic E-state index is 0.707. The third-order valence-corrected chi connectivity index (χ3v) is 6.87. The van der Waals surface area contributed by atoms with Crippen molar-refractivity contribution in [3.05, 3.63) is 54.1 Å². The molecule has 0 aliphatic carbocycles. The van der Waals surface area contributed by atoms with Crippen LogP contribution >= 0.6 is 11.9 Å². The molecule has 0 atom stereocenters. The summed E-state index contributed by atoms with van der Waals surface area (Å²) in [5, 5.41) is 8.92. The topological polar surface area (TPSA) is 30.3 Å². The van der Waals surface area contributed by atoms with Gasteiger partial charge in [0, 0.05) is 24.0 Å². The zero-order chi connectivity index (χ0) is 18.5. The van der Waals surface area contributed by atoms with E-state index >= 15 is 0 Å². The van der Waals surface area contributed by atoms with Gasteiger partial charge in [0.05, 0.1) is 11.6 Å². The molecule has 4 heteroatoms. The molecule has 3 nitrogen and oxygen atoms in total. The Balaban J connectivity index is 1.30. The Hall–Kier alpha value is -1.80. The summed E-state index contributed by atoms with van der Waals surface area (Å²) in [7, 11) is 0. The van der Waals surface area contributed by atoms with Gasteiger partial charge in [0.1, 0.15) is 0 Å². The van der Waals surface area contributed by atoms with Gasteiger partial charge in [-0.1, -0.05) is 30.7 Å². The van der Waals surface area contributed by atoms with Crippen LogP contribution in [0.2, 0.25) is 0 Å². The van der Waals surface area contributed by atoms with Crippen molar-refractivity contribution >= 4 is 11.9 Å². The average molecular weight is 378 g/mol. The van der Waals surface area contributed by atoms with Crippen LogP contribution in [-0.2, 0) is 0 Å². The van der Waals surface area contributed by atoms with Crippen LogP contribution in [0.4, 0.5) is 0 Å². The van der Waals surface area contributed by atoms with Crippen molar-refractivity contribution in [3.8, 4) is 17.2 Å². The molecule has 0 bridgehead atoms. The molecule has 0 radical (unpaired) electrons. The van der Waals surface area contributed by atoms with Gasteiger partial charge in [0.25, 0.3) is 0 Å². The molecule has 2 fully saturated rings. The Morgan fingerprint density at radius 3 is 1.96 bits per heavy atom. The Morgan fingerprint density at radius 2 is 1.37 bits per heavy atom. The number of nitrogens with zero attached hydrogens (tertiary/aromatic N) is 3. The van der Waals surface area contributed by atoms with Gasteiger partial charge in [-0.05, 0) is 86.1 Å². The highest BCUT2D eigenvalue weighted by atomic mass is 32.2. The predicted octanol–water partition coefficient (Wildman–Crippen LogP) is 5.18. The highest BCUT2D eigenvalue weighted by Gasteiger charge is 2.25. The van der Waals surface area contributed by atoms with Crippen molar-refractivity contribution in [2.45, 2.75) is 43.0 Å². The van der Waals surface area contributed by atoms with Crippen molar-refractivity contribution in [2.24, 2.45) is 0 Å². The minimum Gasteiger partial charge on any atom is -0.300 e. The van der Waals surface area contributed by atoms with Gasteiger partial charge in [0.15, 0.2) is 0 Å². The van der Waals surface area contributed by atoms with Crippen molar-refractivity contribution < 1.29 is 0 Å². The van der Waals surface area contributed by atoms with E-state index in [1.165, 1.54) is 68.7 Å². The molecule has 2 saturated heterocycles. The van der Waals surface area contributed by atoms with Gasteiger partial charge >= 0.3 is 0 Å². The van der Waals surface area contributed by atoms with E-state index in [9.17, 15) is 0 Å². The summed E-state index contributed by atoms with van der Waals surface area (Å²) in [6, 6.07) is 19.6. The second kappa shape index (κ2) is 8.93. The maximum atomic E-state index is 8.92. The quantitative estimate of drug-likeness (QED) is 0.687. The van der Waals surface area contributed by atoms with E-state index in [1.807, 2.05) is 36.2 Å². The first kappa shape index (κ1) is 18.6. The molecule has 0 spiro atoms. The maximum absolute atomic E-state index is 8.92. The molecule has 0 amide bonds. The van der Waals surface area contributed by atoms with E-state index in [4.69, 9.17) is 5.26 Å². The van der Waals surface area contributed by atoms with E-state index in [2.05, 4.69) is 39.5 Å². The number of hydrogen-bond donors (Lipinski definition) is 0. The second-order valence-corrected chi connectivity index (χ2v) is 8.73. The van der Waals surface area contributed by atoms with Crippen LogP contribution in [0, 0.1) is 11.3 Å². The number of benzene rings is 2. The monoisotopic (exact) mass is 377 g/mol. The van der Waals surface area contributed by atoms with Gasteiger partial charge in [-0.25, -0.2) is 4.31 Å². The Kier molecular flexibility index (Phi) is 6.14. The van der Waals surface area contributed by atoms with E-state index in [1.54, 1.807) is 0 Å². The van der Waals surface area contributed by atoms with Crippen LogP contribution < -0.4 is 0 Å². The normalized spacial score (nSPS) is 19.7. The lowest BCUT2D eigenvalue weighted by atomic mass is 10.0. The first-order chi connectivity index (χ1) is 13.3. The zero-order valence-electron chi connectivity index (χ0n) is 15.8. The van der Waals surface area contributed by atoms with Crippen LogP contribution in [0.5, 0.6) is 0 Å². The summed E-state index contributed by atoms with van der Waals surface area (Å²) in [4.78, 5) is 4.04. The van der Waals surface area contributed by atoms with Crippen LogP contribution in [-0.4, -0.2) is 41.4 Å². The van der Waals surface area contributed by atoms with E-state index in [0.717, 1.165) is 11.6 Å². The third kappa shape index (κ3) is 4.73. The van der Waals surface area contributed by atoms with Crippen molar-refractivity contribution in [2.75, 3.05) is 26.2 Å². The molecular weight excluding hydrogens is 350 g/mol. The Bertz CT molecular complexity index is 765. The molecule has 27 heavy (non-hydrogen) atoms. The lowest BCUT2D eigenvalue weighted by Gasteiger charge is -2.39. The molecule has 2 aliphatic heterocycles. The number of nitriles is 1. The largest absolute Gasteiger partial charge is 0.300 e. The second-order valence-electron chi connectivity index (χ2n) is 7.56. The lowest BCUT2D eigenvalue weighted by molar-refractivity contribution is 0.120. The fourth-order valence-electron chi connectivity index (χ4n) is 4.18. The number of rotatable bonds is 4. The molecule has 0 unspecified atom stereocenters. The van der Waals surface area contributed by atoms with Gasteiger partial charge < -0.3 is 4.90 Å². The Labute approximate surface area is 167 Å². The smallest absolute Gasteiger partial charge is 0.0991 e. The summed E-state index contributed by atoms with van der Waals surface area (Å²) in [5.74, 6) is 0. The first-order valence-electron chi connectivity index (χ1n) is 10.1. The van der Waals surface area contributed by atoms with Gasteiger partial charge in [-0.15, -0.1) is 0 Å². The van der Waals surface area contributed by atoms with Crippen molar-refractivity contribution in [1.29, 1.82) is 5.26 Å². The number of likely N-dealkylation sites (tertiary alicyclic amines) is 1. The average Bonchev–Trinajstić information content (AvgIpc) is 2.76. The number of piperidine rings is 2. The SMILES string of the molecule is N#Cc1ccc(-c2ccc(SN3CCC(N4CCCCC4)CC3)cc2)cc1. The fraction of sp³-hybridized carbons (Fsp3) is 0.435. The van der Waals surface area contributed by atoms with E-state index in [0.29, 0.717) is 5.56 Å². The highest BCUT2D eigenvalue weighted by molar-refractivity contribution is 7.97. The number of hydrogen-bond acceptors (Lipinski definition) is 4. The van der Waals surface area contributed by atoms with Crippen LogP contribution in [0.25, 0.3) is 11.1 Å². The van der Waals surface area contributed by atoms with Gasteiger partial charge in [-0.2, -0.15) is 5.26 Å². The van der Waals surface area contributed by atoms with Crippen molar-refractivity contribution in [3.63, 3.8) is 0 Å². The Morgan fingerprint density at radius 1 is 0.778 bits per heavy atom. The van der Waals surface area contributed by atoms with Crippen LogP contribution in [0.3, 0.4) is 0 Å². The molecule has 0 saturated carbocycles. The summed E-state index contributed by atoms with van der Waals surface area (Å²) in [5.41, 5.74) is 3.07. The fourth-order valence-corrected chi connectivity index (χ4v) is 5.13. The third-order valence-electron chi connectivity index (χ3n) is 5.77. The lowest BCUT2D eigenvalue weighted by Crippen LogP contribution is -2.45. The first-order valence-corrected chi connectivity index (χ1v) is 10.9. The summed E-state index contributed by atoms with van der Waals surface area (Å²) in [6.07, 6.45) is 6.80. The van der Waals surface area contributed by atoms with Gasteiger partial charge in [0.2, 0.25) is 0 Å². The summed E-state index contributed by atoms with van der Waals surface area (Å²) >= 11 is 1.89. The summed E-state index contributed by atoms with van der Waals surface area (Å²) < 4.78 is 2.52. The molecule has 2 heterocycles. The zero-order valence-corrected chi connectivity index (χ0v) is 16.6. The standard InChI is InChI=1S/C23H27N3S/c24-18-19-4-6-20(7-5-19)21-8-10-23(11-9-21)27-26-16-12-22(13-17-26)25-14-2-1-3-15-25/h4-11,22H,1-3,12-17H2. The molecule has 0 N–H and O–H groups in total. The van der Waals surface area contributed by atoms with E-state index < -0.39 is 0 Å². The highest BCUT2D eigenvalue weighted by Crippen LogP contribution is 2.30. The van der Waals surface area contributed by atoms with Gasteiger partial charge in [-0.3, -0.25) is 0 Å². The van der Waals surface area contributed by atoms with Crippen molar-refractivity contribution in [1.82, 2.24) is 9.21 Å². The molecule has 0 aromatic heterocycles. The molecule has 2 aliphatic rings. The minimum absolute atomic E-state index is 0.707. The van der Waals surface area contributed by atoms with E-state index in [-0.39, 0.29) is 0 Å². The molecular formula is C23H27N3S. The molecule has 2 aromatic carbocycles. The van der Waals surface area contributed by atoms with Crippen LogP contribution in [0.15, 0.2) is 53.4 Å². The molecule has 2 aromatic rings. The van der Waals surface area contributed by atoms with Crippen LogP contribution in [0.1, 0.15) is 37.7 Å². The maximum Gasteiger partial charge on any atom is 0.0991 e. The summed E-state index contributed by atoms with van der Waals surface area (Å²) in [6.45, 7) is 5.00. The predicted molar refractivity (Wildman–Crippen MR) is 112 cm³/mol.